The SMILES string of the molecule is CC1=C(C(=O)NN)N2C=C(Cl)C=C[C@H]2N1. The molecule has 0 fully saturated rings. The number of hydrogen-bond donors (Lipinski definition) is 3. The molecule has 2 rings (SSSR count). The van der Waals surface area contributed by atoms with Gasteiger partial charge in [-0.3, -0.25) is 10.2 Å². The van der Waals surface area contributed by atoms with Gasteiger partial charge in [-0.1, -0.05) is 11.6 Å². The Hall–Kier alpha value is -1.46. The molecule has 0 aliphatic carbocycles. The van der Waals surface area contributed by atoms with Gasteiger partial charge in [0.25, 0.3) is 5.91 Å². The zero-order valence-electron chi connectivity index (χ0n) is 8.12. The summed E-state index contributed by atoms with van der Waals surface area (Å²) in [5.41, 5.74) is 3.37. The van der Waals surface area contributed by atoms with Crippen LogP contribution in [0, 0.1) is 0 Å². The third kappa shape index (κ3) is 1.60. The number of allylic oxidation sites excluding steroid dienone is 3. The lowest BCUT2D eigenvalue weighted by molar-refractivity contribution is -0.118. The fourth-order valence-corrected chi connectivity index (χ4v) is 1.87. The van der Waals surface area contributed by atoms with Crippen LogP contribution in [0.25, 0.3) is 0 Å². The van der Waals surface area contributed by atoms with E-state index >= 15 is 0 Å². The first kappa shape index (κ1) is 10.1. The summed E-state index contributed by atoms with van der Waals surface area (Å²) in [7, 11) is 0. The van der Waals surface area contributed by atoms with Crippen molar-refractivity contribution in [3.05, 3.63) is 34.8 Å². The van der Waals surface area contributed by atoms with Crippen molar-refractivity contribution in [1.29, 1.82) is 0 Å². The van der Waals surface area contributed by atoms with Crippen LogP contribution in [0.5, 0.6) is 0 Å². The molecule has 80 valence electrons. The zero-order chi connectivity index (χ0) is 11.0. The largest absolute Gasteiger partial charge is 0.363 e. The molecule has 0 aromatic carbocycles. The third-order valence-corrected chi connectivity index (χ3v) is 2.55. The Labute approximate surface area is 92.2 Å². The van der Waals surface area contributed by atoms with Gasteiger partial charge in [-0.25, -0.2) is 5.84 Å². The Balaban J connectivity index is 2.35. The van der Waals surface area contributed by atoms with Gasteiger partial charge in [-0.05, 0) is 19.1 Å². The summed E-state index contributed by atoms with van der Waals surface area (Å²) < 4.78 is 0. The van der Waals surface area contributed by atoms with Crippen molar-refractivity contribution in [1.82, 2.24) is 15.6 Å². The number of amides is 1. The second kappa shape index (κ2) is 3.60. The lowest BCUT2D eigenvalue weighted by atomic mass is 10.3. The highest BCUT2D eigenvalue weighted by Crippen LogP contribution is 2.26. The van der Waals surface area contributed by atoms with Crippen molar-refractivity contribution in [2.45, 2.75) is 13.1 Å². The third-order valence-electron chi connectivity index (χ3n) is 2.32. The maximum Gasteiger partial charge on any atom is 0.283 e. The number of carbonyl (C=O) groups is 1. The minimum absolute atomic E-state index is 0.0557. The second-order valence-corrected chi connectivity index (χ2v) is 3.75. The van der Waals surface area contributed by atoms with Crippen molar-refractivity contribution < 1.29 is 4.79 Å². The van der Waals surface area contributed by atoms with Crippen LogP contribution >= 0.6 is 11.6 Å². The lowest BCUT2D eigenvalue weighted by Crippen LogP contribution is -2.39. The van der Waals surface area contributed by atoms with E-state index in [1.807, 2.05) is 13.0 Å². The van der Waals surface area contributed by atoms with E-state index in [2.05, 4.69) is 10.7 Å². The predicted molar refractivity (Wildman–Crippen MR) is 56.9 cm³/mol. The van der Waals surface area contributed by atoms with Crippen molar-refractivity contribution >= 4 is 17.5 Å². The molecule has 15 heavy (non-hydrogen) atoms. The number of nitrogens with one attached hydrogen (secondary N) is 2. The summed E-state index contributed by atoms with van der Waals surface area (Å²) in [5, 5.41) is 3.71. The molecule has 2 heterocycles. The summed E-state index contributed by atoms with van der Waals surface area (Å²) in [5.74, 6) is 4.78. The molecule has 4 N–H and O–H groups in total. The molecule has 1 amide bonds. The molecule has 0 saturated heterocycles. The summed E-state index contributed by atoms with van der Waals surface area (Å²) in [6.45, 7) is 1.82. The lowest BCUT2D eigenvalue weighted by Gasteiger charge is -2.25. The molecule has 0 unspecified atom stereocenters. The average molecular weight is 227 g/mol. The quantitative estimate of drug-likeness (QED) is 0.337. The maximum absolute atomic E-state index is 11.5. The first-order valence-electron chi connectivity index (χ1n) is 4.45. The highest BCUT2D eigenvalue weighted by atomic mass is 35.5. The fourth-order valence-electron chi connectivity index (χ4n) is 1.69. The van der Waals surface area contributed by atoms with Crippen LogP contribution in [0.2, 0.25) is 0 Å². The van der Waals surface area contributed by atoms with Crippen molar-refractivity contribution in [3.63, 3.8) is 0 Å². The number of rotatable bonds is 1. The summed E-state index contributed by atoms with van der Waals surface area (Å²) in [6.07, 6.45) is 5.30. The van der Waals surface area contributed by atoms with E-state index in [9.17, 15) is 4.79 Å². The van der Waals surface area contributed by atoms with Crippen molar-refractivity contribution in [2.75, 3.05) is 0 Å². The molecular weight excluding hydrogens is 216 g/mol. The number of halogens is 1. The molecular formula is C9H11ClN4O. The Bertz CT molecular complexity index is 399. The van der Waals surface area contributed by atoms with Crippen LogP contribution in [0.1, 0.15) is 6.92 Å². The molecule has 2 aliphatic heterocycles. The highest BCUT2D eigenvalue weighted by molar-refractivity contribution is 6.31. The minimum atomic E-state index is -0.335. The monoisotopic (exact) mass is 226 g/mol. The molecule has 0 radical (unpaired) electrons. The highest BCUT2D eigenvalue weighted by Gasteiger charge is 2.32. The zero-order valence-corrected chi connectivity index (χ0v) is 8.88. The van der Waals surface area contributed by atoms with Crippen LogP contribution in [0.4, 0.5) is 0 Å². The maximum atomic E-state index is 11.5. The number of nitrogens with zero attached hydrogens (tertiary/aromatic N) is 1. The molecule has 0 aromatic rings. The molecule has 0 saturated carbocycles. The summed E-state index contributed by atoms with van der Waals surface area (Å²) >= 11 is 5.86. The van der Waals surface area contributed by atoms with Crippen LogP contribution in [-0.4, -0.2) is 17.0 Å². The average Bonchev–Trinajstić information content (AvgIpc) is 2.52. The number of fused-ring (bicyclic) bond motifs is 1. The van der Waals surface area contributed by atoms with Gasteiger partial charge in [0.2, 0.25) is 0 Å². The molecule has 0 aromatic heterocycles. The van der Waals surface area contributed by atoms with Gasteiger partial charge < -0.3 is 10.2 Å². The number of carbonyl (C=O) groups excluding carboxylic acids is 1. The number of hydrogen-bond acceptors (Lipinski definition) is 4. The van der Waals surface area contributed by atoms with Crippen molar-refractivity contribution in [3.8, 4) is 0 Å². The standard InChI is InChI=1S/C9H11ClN4O/c1-5-8(9(15)13-11)14-4-6(10)2-3-7(14)12-5/h2-4,7,12H,11H2,1H3,(H,13,15)/t7-/m0/s1. The minimum Gasteiger partial charge on any atom is -0.363 e. The van der Waals surface area contributed by atoms with E-state index in [0.29, 0.717) is 10.7 Å². The van der Waals surface area contributed by atoms with Crippen LogP contribution in [0.15, 0.2) is 34.8 Å². The molecule has 6 heteroatoms. The molecule has 1 atom stereocenters. The van der Waals surface area contributed by atoms with E-state index in [-0.39, 0.29) is 12.1 Å². The molecule has 5 nitrogen and oxygen atoms in total. The summed E-state index contributed by atoms with van der Waals surface area (Å²) in [4.78, 5) is 13.3. The van der Waals surface area contributed by atoms with Gasteiger partial charge in [-0.2, -0.15) is 0 Å². The van der Waals surface area contributed by atoms with E-state index in [1.165, 1.54) is 0 Å². The second-order valence-electron chi connectivity index (χ2n) is 3.32. The number of hydrazine groups is 1. The van der Waals surface area contributed by atoms with E-state index in [4.69, 9.17) is 17.4 Å². The Kier molecular flexibility index (Phi) is 2.42. The molecule has 2 aliphatic rings. The first-order chi connectivity index (χ1) is 7.13. The topological polar surface area (TPSA) is 70.4 Å². The van der Waals surface area contributed by atoms with Crippen LogP contribution in [0.3, 0.4) is 0 Å². The van der Waals surface area contributed by atoms with Crippen LogP contribution in [-0.2, 0) is 4.79 Å². The number of nitrogens with two attached hydrogens (primary N) is 1. The van der Waals surface area contributed by atoms with Gasteiger partial charge in [0.05, 0.1) is 5.03 Å². The molecule has 0 spiro atoms. The van der Waals surface area contributed by atoms with E-state index in [1.54, 1.807) is 17.2 Å². The predicted octanol–water partition coefficient (Wildman–Crippen LogP) is 0.0891. The van der Waals surface area contributed by atoms with Gasteiger partial charge in [0.1, 0.15) is 11.9 Å². The van der Waals surface area contributed by atoms with Gasteiger partial charge in [-0.15, -0.1) is 0 Å². The van der Waals surface area contributed by atoms with E-state index < -0.39 is 0 Å². The fraction of sp³-hybridized carbons (Fsp3) is 0.222. The Morgan fingerprint density at radius 1 is 1.73 bits per heavy atom. The molecule has 0 bridgehead atoms. The van der Waals surface area contributed by atoms with Gasteiger partial charge in [0, 0.05) is 11.9 Å². The van der Waals surface area contributed by atoms with E-state index in [0.717, 1.165) is 5.70 Å². The summed E-state index contributed by atoms with van der Waals surface area (Å²) in [6, 6.07) is 0. The smallest absolute Gasteiger partial charge is 0.283 e. The van der Waals surface area contributed by atoms with Crippen LogP contribution < -0.4 is 16.6 Å². The Morgan fingerprint density at radius 3 is 3.13 bits per heavy atom. The van der Waals surface area contributed by atoms with Gasteiger partial charge in [0.15, 0.2) is 0 Å². The normalized spacial score (nSPS) is 23.5. The Morgan fingerprint density at radius 2 is 2.47 bits per heavy atom. The van der Waals surface area contributed by atoms with Crippen molar-refractivity contribution in [2.24, 2.45) is 5.84 Å². The van der Waals surface area contributed by atoms with Gasteiger partial charge >= 0.3 is 0 Å². The first-order valence-corrected chi connectivity index (χ1v) is 4.83.